The summed E-state index contributed by atoms with van der Waals surface area (Å²) in [6, 6.07) is 9.73. The van der Waals surface area contributed by atoms with Gasteiger partial charge in [0.2, 0.25) is 0 Å². The van der Waals surface area contributed by atoms with Crippen molar-refractivity contribution in [1.29, 1.82) is 0 Å². The number of carbonyl (C=O) groups is 1. The van der Waals surface area contributed by atoms with E-state index in [4.69, 9.17) is 32.7 Å². The van der Waals surface area contributed by atoms with Crippen LogP contribution >= 0.6 is 34.5 Å². The Kier molecular flexibility index (Phi) is 9.64. The van der Waals surface area contributed by atoms with Gasteiger partial charge in [-0.25, -0.2) is 13.4 Å². The van der Waals surface area contributed by atoms with Gasteiger partial charge >= 0.3 is 5.97 Å². The molecule has 210 valence electrons. The number of aryl methyl sites for hydroxylation is 1. The summed E-state index contributed by atoms with van der Waals surface area (Å²) in [4.78, 5) is 17.5. The zero-order chi connectivity index (χ0) is 28.2. The molecule has 1 saturated carbocycles. The van der Waals surface area contributed by atoms with E-state index in [9.17, 15) is 13.2 Å². The van der Waals surface area contributed by atoms with E-state index < -0.39 is 10.0 Å². The molecule has 1 aliphatic carbocycles. The van der Waals surface area contributed by atoms with Gasteiger partial charge in [-0.15, -0.1) is 0 Å². The van der Waals surface area contributed by atoms with Crippen molar-refractivity contribution in [2.75, 3.05) is 30.3 Å². The fraction of sp³-hybridized carbons (Fsp3) is 0.407. The van der Waals surface area contributed by atoms with Crippen molar-refractivity contribution in [2.45, 2.75) is 44.4 Å². The maximum Gasteiger partial charge on any atom is 0.308 e. The van der Waals surface area contributed by atoms with Crippen LogP contribution in [0.3, 0.4) is 0 Å². The fourth-order valence-corrected chi connectivity index (χ4v) is 7.52. The quantitative estimate of drug-likeness (QED) is 0.237. The molecule has 0 aliphatic heterocycles. The molecule has 0 saturated heterocycles. The zero-order valence-corrected chi connectivity index (χ0v) is 25.1. The molecule has 4 rings (SSSR count). The molecule has 0 radical (unpaired) electrons. The molecule has 12 heteroatoms. The number of sulfonamides is 1. The number of nitrogens with zero attached hydrogens (tertiary/aromatic N) is 1. The van der Waals surface area contributed by atoms with Gasteiger partial charge in [-0.1, -0.05) is 40.6 Å². The Balaban J connectivity index is 1.49. The van der Waals surface area contributed by atoms with Gasteiger partial charge in [-0.2, -0.15) is 0 Å². The lowest BCUT2D eigenvalue weighted by Gasteiger charge is -2.27. The number of aromatic nitrogens is 1. The average molecular weight is 613 g/mol. The van der Waals surface area contributed by atoms with E-state index in [0.29, 0.717) is 18.1 Å². The summed E-state index contributed by atoms with van der Waals surface area (Å²) < 4.78 is 39.8. The Morgan fingerprint density at radius 1 is 1.13 bits per heavy atom. The van der Waals surface area contributed by atoms with Gasteiger partial charge in [0.25, 0.3) is 10.0 Å². The van der Waals surface area contributed by atoms with Crippen LogP contribution in [0.2, 0.25) is 10.0 Å². The molecule has 0 spiro atoms. The molecule has 0 bridgehead atoms. The third-order valence-electron chi connectivity index (χ3n) is 6.72. The Morgan fingerprint density at radius 3 is 2.46 bits per heavy atom. The number of nitrogens with one attached hydrogen (secondary N) is 2. The first kappa shape index (κ1) is 29.5. The van der Waals surface area contributed by atoms with Gasteiger partial charge in [-0.3, -0.25) is 9.52 Å². The smallest absolute Gasteiger partial charge is 0.308 e. The number of halogens is 2. The van der Waals surface area contributed by atoms with Crippen LogP contribution in [0.25, 0.3) is 10.4 Å². The van der Waals surface area contributed by atoms with Crippen molar-refractivity contribution in [3.05, 3.63) is 52.1 Å². The largest absolute Gasteiger partial charge is 0.495 e. The van der Waals surface area contributed by atoms with Crippen LogP contribution in [0.5, 0.6) is 5.75 Å². The number of carbonyl (C=O) groups excluding carboxylic acids is 1. The molecule has 2 N–H and O–H groups in total. The van der Waals surface area contributed by atoms with E-state index >= 15 is 0 Å². The lowest BCUT2D eigenvalue weighted by Crippen LogP contribution is -2.26. The van der Waals surface area contributed by atoms with Crippen molar-refractivity contribution in [3.8, 4) is 16.2 Å². The molecule has 39 heavy (non-hydrogen) atoms. The summed E-state index contributed by atoms with van der Waals surface area (Å²) in [6.45, 7) is 4.89. The molecule has 2 aromatic carbocycles. The van der Waals surface area contributed by atoms with Crippen LogP contribution in [0.4, 0.5) is 10.8 Å². The van der Waals surface area contributed by atoms with E-state index in [1.807, 2.05) is 13.8 Å². The van der Waals surface area contributed by atoms with E-state index in [-0.39, 0.29) is 38.3 Å². The Hall–Kier alpha value is -2.53. The Morgan fingerprint density at radius 2 is 1.82 bits per heavy atom. The lowest BCUT2D eigenvalue weighted by molar-refractivity contribution is -0.149. The Bertz CT molecular complexity index is 1420. The minimum atomic E-state index is -4.09. The molecule has 0 amide bonds. The number of ether oxygens (including phenoxy) is 2. The SMILES string of the molecule is CCOC(=O)C1CCC(CNc2nc(C)c(-c3ccc(OC)c(S(=O)(=O)Nc4c(Cl)cccc4Cl)c3)s2)CC1. The number of benzene rings is 2. The molecule has 1 heterocycles. The van der Waals surface area contributed by atoms with E-state index in [0.717, 1.165) is 47.9 Å². The molecular formula is C27H31Cl2N3O5S2. The highest BCUT2D eigenvalue weighted by Crippen LogP contribution is 2.39. The first-order valence-corrected chi connectivity index (χ1v) is 15.7. The second-order valence-electron chi connectivity index (χ2n) is 9.35. The van der Waals surface area contributed by atoms with Gasteiger partial charge in [-0.05, 0) is 81.3 Å². The van der Waals surface area contributed by atoms with Gasteiger partial charge in [0.1, 0.15) is 10.6 Å². The zero-order valence-electron chi connectivity index (χ0n) is 21.9. The molecule has 0 unspecified atom stereocenters. The van der Waals surface area contributed by atoms with Gasteiger partial charge in [0.05, 0.1) is 45.9 Å². The summed E-state index contributed by atoms with van der Waals surface area (Å²) in [5.41, 5.74) is 1.58. The summed E-state index contributed by atoms with van der Waals surface area (Å²) in [7, 11) is -2.67. The predicted octanol–water partition coefficient (Wildman–Crippen LogP) is 7.02. The fourth-order valence-electron chi connectivity index (χ4n) is 4.65. The number of hydrogen-bond acceptors (Lipinski definition) is 8. The molecule has 1 fully saturated rings. The maximum absolute atomic E-state index is 13.4. The van der Waals surface area contributed by atoms with E-state index in [1.54, 1.807) is 36.4 Å². The molecule has 3 aromatic rings. The van der Waals surface area contributed by atoms with Crippen LogP contribution in [-0.4, -0.2) is 39.6 Å². The number of hydrogen-bond donors (Lipinski definition) is 2. The monoisotopic (exact) mass is 611 g/mol. The summed E-state index contributed by atoms with van der Waals surface area (Å²) in [6.07, 6.45) is 3.58. The van der Waals surface area contributed by atoms with E-state index in [2.05, 4.69) is 15.0 Å². The third kappa shape index (κ3) is 6.98. The van der Waals surface area contributed by atoms with Gasteiger partial charge < -0.3 is 14.8 Å². The van der Waals surface area contributed by atoms with Gasteiger partial charge in [0, 0.05) is 6.54 Å². The summed E-state index contributed by atoms with van der Waals surface area (Å²) in [5.74, 6) is 0.547. The minimum absolute atomic E-state index is 0.00103. The van der Waals surface area contributed by atoms with Crippen molar-refractivity contribution < 1.29 is 22.7 Å². The van der Waals surface area contributed by atoms with Crippen LogP contribution in [0.15, 0.2) is 41.3 Å². The van der Waals surface area contributed by atoms with Crippen molar-refractivity contribution in [1.82, 2.24) is 4.98 Å². The van der Waals surface area contributed by atoms with Crippen molar-refractivity contribution in [2.24, 2.45) is 11.8 Å². The van der Waals surface area contributed by atoms with Crippen molar-refractivity contribution in [3.63, 3.8) is 0 Å². The molecule has 1 aromatic heterocycles. The topological polar surface area (TPSA) is 107 Å². The normalized spacial score (nSPS) is 17.5. The number of thiazole rings is 1. The number of methoxy groups -OCH3 is 1. The maximum atomic E-state index is 13.4. The highest BCUT2D eigenvalue weighted by atomic mass is 35.5. The highest BCUT2D eigenvalue weighted by Gasteiger charge is 2.28. The van der Waals surface area contributed by atoms with Crippen LogP contribution in [0.1, 0.15) is 38.3 Å². The molecule has 1 aliphatic rings. The molecule has 8 nitrogen and oxygen atoms in total. The van der Waals surface area contributed by atoms with Crippen molar-refractivity contribution >= 4 is 61.4 Å². The predicted molar refractivity (Wildman–Crippen MR) is 157 cm³/mol. The first-order chi connectivity index (χ1) is 18.6. The summed E-state index contributed by atoms with van der Waals surface area (Å²) in [5, 5.41) is 4.56. The van der Waals surface area contributed by atoms with Gasteiger partial charge in [0.15, 0.2) is 5.13 Å². The number of para-hydroxylation sites is 1. The third-order valence-corrected chi connectivity index (χ3v) is 9.88. The molecule has 0 atom stereocenters. The van der Waals surface area contributed by atoms with E-state index in [1.165, 1.54) is 18.4 Å². The number of esters is 1. The van der Waals surface area contributed by atoms with Crippen LogP contribution in [-0.2, 0) is 19.6 Å². The van der Waals surface area contributed by atoms with Crippen LogP contribution < -0.4 is 14.8 Å². The highest BCUT2D eigenvalue weighted by molar-refractivity contribution is 7.92. The lowest BCUT2D eigenvalue weighted by atomic mass is 9.82. The first-order valence-electron chi connectivity index (χ1n) is 12.7. The summed E-state index contributed by atoms with van der Waals surface area (Å²) >= 11 is 13.8. The Labute approximate surface area is 243 Å². The number of rotatable bonds is 10. The minimum Gasteiger partial charge on any atom is -0.495 e. The molecular weight excluding hydrogens is 581 g/mol. The van der Waals surface area contributed by atoms with Crippen LogP contribution in [0, 0.1) is 18.8 Å². The number of anilines is 2. The second-order valence-corrected chi connectivity index (χ2v) is 12.8. The average Bonchev–Trinajstić information content (AvgIpc) is 3.30. The standard InChI is InChI=1S/C27H31Cl2N3O5S2/c1-4-37-26(33)18-10-8-17(9-11-18)15-30-27-31-16(2)25(38-27)19-12-13-22(36-3)23(14-19)39(34,35)32-24-20(28)6-5-7-21(24)29/h5-7,12-14,17-18,32H,4,8-11,15H2,1-3H3,(H,30,31). The second kappa shape index (κ2) is 12.8.